The summed E-state index contributed by atoms with van der Waals surface area (Å²) in [6, 6.07) is 0.548. The maximum Gasteiger partial charge on any atom is 0.327 e. The lowest BCUT2D eigenvalue weighted by Crippen LogP contribution is -2.61. The molecule has 0 radical (unpaired) electrons. The molecular formula is C17H28N2O2. The molecular weight excluding hydrogens is 264 g/mol. The summed E-state index contributed by atoms with van der Waals surface area (Å²) in [5.74, 6) is 2.25. The fourth-order valence-corrected chi connectivity index (χ4v) is 4.75. The molecule has 3 unspecified atom stereocenters. The summed E-state index contributed by atoms with van der Waals surface area (Å²) >= 11 is 0. The van der Waals surface area contributed by atoms with Crippen molar-refractivity contribution in [3.05, 3.63) is 0 Å². The van der Waals surface area contributed by atoms with Crippen LogP contribution >= 0.6 is 0 Å². The number of methoxy groups -OCH3 is 1. The maximum atomic E-state index is 12.6. The number of likely N-dealkylation sites (tertiary alicyclic amines) is 1. The molecule has 21 heavy (non-hydrogen) atoms. The van der Waals surface area contributed by atoms with Crippen LogP contribution in [0.15, 0.2) is 0 Å². The van der Waals surface area contributed by atoms with E-state index in [1.807, 2.05) is 0 Å². The van der Waals surface area contributed by atoms with Crippen molar-refractivity contribution in [3.8, 4) is 0 Å². The van der Waals surface area contributed by atoms with Gasteiger partial charge in [-0.25, -0.2) is 4.79 Å². The molecule has 4 aliphatic rings. The highest BCUT2D eigenvalue weighted by atomic mass is 16.5. The van der Waals surface area contributed by atoms with Gasteiger partial charge in [0.15, 0.2) is 0 Å². The summed E-state index contributed by atoms with van der Waals surface area (Å²) in [5.41, 5.74) is -0.422. The number of nitrogens with one attached hydrogen (secondary N) is 1. The average Bonchev–Trinajstić information content (AvgIpc) is 3.37. The van der Waals surface area contributed by atoms with Crippen LogP contribution in [-0.2, 0) is 9.53 Å². The van der Waals surface area contributed by atoms with E-state index in [9.17, 15) is 4.79 Å². The quantitative estimate of drug-likeness (QED) is 0.758. The third-order valence-electron chi connectivity index (χ3n) is 6.14. The van der Waals surface area contributed by atoms with E-state index in [4.69, 9.17) is 4.74 Å². The van der Waals surface area contributed by atoms with Crippen molar-refractivity contribution in [2.24, 2.45) is 17.8 Å². The van der Waals surface area contributed by atoms with Crippen molar-refractivity contribution in [3.63, 3.8) is 0 Å². The zero-order valence-electron chi connectivity index (χ0n) is 13.1. The Bertz CT molecular complexity index is 407. The Morgan fingerprint density at radius 1 is 1.14 bits per heavy atom. The number of esters is 1. The fourth-order valence-electron chi connectivity index (χ4n) is 4.75. The van der Waals surface area contributed by atoms with Crippen LogP contribution in [0.1, 0.15) is 44.9 Å². The van der Waals surface area contributed by atoms with E-state index in [-0.39, 0.29) is 5.97 Å². The minimum Gasteiger partial charge on any atom is -0.468 e. The maximum absolute atomic E-state index is 12.6. The Morgan fingerprint density at radius 2 is 1.81 bits per heavy atom. The van der Waals surface area contributed by atoms with Gasteiger partial charge in [-0.1, -0.05) is 6.42 Å². The number of carbonyl (C=O) groups is 1. The second-order valence-corrected chi connectivity index (χ2v) is 7.80. The van der Waals surface area contributed by atoms with Gasteiger partial charge in [0.25, 0.3) is 0 Å². The molecule has 0 aromatic heterocycles. The Balaban J connectivity index is 1.50. The normalized spacial score (nSPS) is 35.5. The monoisotopic (exact) mass is 292 g/mol. The molecule has 1 saturated heterocycles. The summed E-state index contributed by atoms with van der Waals surface area (Å²) in [5, 5.41) is 3.69. The zero-order valence-corrected chi connectivity index (χ0v) is 13.1. The van der Waals surface area contributed by atoms with Gasteiger partial charge in [-0.3, -0.25) is 5.32 Å². The molecule has 0 spiro atoms. The van der Waals surface area contributed by atoms with Crippen LogP contribution < -0.4 is 5.32 Å². The molecule has 1 heterocycles. The number of hydrogen-bond acceptors (Lipinski definition) is 4. The van der Waals surface area contributed by atoms with Gasteiger partial charge in [-0.2, -0.15) is 0 Å². The molecule has 1 aliphatic heterocycles. The van der Waals surface area contributed by atoms with Gasteiger partial charge in [0.05, 0.1) is 7.11 Å². The number of hydrogen-bond donors (Lipinski definition) is 1. The molecule has 3 atom stereocenters. The van der Waals surface area contributed by atoms with Crippen molar-refractivity contribution < 1.29 is 9.53 Å². The molecule has 1 N–H and O–H groups in total. The lowest BCUT2D eigenvalue weighted by atomic mass is 9.91. The first kappa shape index (κ1) is 14.0. The van der Waals surface area contributed by atoms with Crippen LogP contribution in [0.2, 0.25) is 0 Å². The highest BCUT2D eigenvalue weighted by Crippen LogP contribution is 2.45. The van der Waals surface area contributed by atoms with Crippen LogP contribution in [-0.4, -0.2) is 49.2 Å². The first-order chi connectivity index (χ1) is 10.2. The average molecular weight is 292 g/mol. The third kappa shape index (κ3) is 2.61. The number of nitrogens with zero attached hydrogens (tertiary/aromatic N) is 1. The molecule has 0 amide bonds. The molecule has 118 valence electrons. The van der Waals surface area contributed by atoms with Crippen molar-refractivity contribution in [2.45, 2.75) is 56.5 Å². The van der Waals surface area contributed by atoms with Crippen LogP contribution in [0.3, 0.4) is 0 Å². The predicted molar refractivity (Wildman–Crippen MR) is 80.9 cm³/mol. The minimum atomic E-state index is -0.422. The lowest BCUT2D eigenvalue weighted by molar-refractivity contribution is -0.151. The van der Waals surface area contributed by atoms with E-state index in [2.05, 4.69) is 10.2 Å². The molecule has 4 nitrogen and oxygen atoms in total. The highest BCUT2D eigenvalue weighted by Gasteiger charge is 2.55. The van der Waals surface area contributed by atoms with E-state index in [1.54, 1.807) is 7.11 Å². The van der Waals surface area contributed by atoms with Crippen LogP contribution in [0.25, 0.3) is 0 Å². The number of carbonyl (C=O) groups excluding carboxylic acids is 1. The Kier molecular flexibility index (Phi) is 3.49. The summed E-state index contributed by atoms with van der Waals surface area (Å²) in [7, 11) is 1.55. The molecule has 0 aromatic carbocycles. The van der Waals surface area contributed by atoms with E-state index in [1.165, 1.54) is 58.0 Å². The van der Waals surface area contributed by atoms with E-state index in [0.717, 1.165) is 18.4 Å². The summed E-state index contributed by atoms with van der Waals surface area (Å²) in [6.45, 7) is 3.26. The van der Waals surface area contributed by atoms with Crippen LogP contribution in [0.4, 0.5) is 0 Å². The van der Waals surface area contributed by atoms with Gasteiger partial charge in [0.1, 0.15) is 5.54 Å². The van der Waals surface area contributed by atoms with Gasteiger partial charge in [0.2, 0.25) is 0 Å². The molecule has 0 aromatic rings. The Labute approximate surface area is 127 Å². The summed E-state index contributed by atoms with van der Waals surface area (Å²) < 4.78 is 5.22. The largest absolute Gasteiger partial charge is 0.468 e. The number of fused-ring (bicyclic) bond motifs is 1. The predicted octanol–water partition coefficient (Wildman–Crippen LogP) is 1.79. The molecule has 4 rings (SSSR count). The van der Waals surface area contributed by atoms with Crippen molar-refractivity contribution in [1.29, 1.82) is 0 Å². The second kappa shape index (κ2) is 5.24. The number of ether oxygens (including phenoxy) is 1. The summed E-state index contributed by atoms with van der Waals surface area (Å²) in [6.07, 6.45) is 8.99. The van der Waals surface area contributed by atoms with Gasteiger partial charge >= 0.3 is 5.97 Å². The van der Waals surface area contributed by atoms with Gasteiger partial charge in [-0.05, 0) is 56.3 Å². The first-order valence-electron chi connectivity index (χ1n) is 8.80. The second-order valence-electron chi connectivity index (χ2n) is 7.80. The summed E-state index contributed by atoms with van der Waals surface area (Å²) in [4.78, 5) is 15.2. The third-order valence-corrected chi connectivity index (χ3v) is 6.14. The minimum absolute atomic E-state index is 0.0195. The van der Waals surface area contributed by atoms with Gasteiger partial charge in [-0.15, -0.1) is 0 Å². The van der Waals surface area contributed by atoms with E-state index >= 15 is 0 Å². The first-order valence-corrected chi connectivity index (χ1v) is 8.80. The van der Waals surface area contributed by atoms with Gasteiger partial charge in [0, 0.05) is 25.7 Å². The number of rotatable bonds is 6. The zero-order chi connectivity index (χ0) is 14.4. The Morgan fingerprint density at radius 3 is 2.33 bits per heavy atom. The van der Waals surface area contributed by atoms with Crippen molar-refractivity contribution in [1.82, 2.24) is 10.2 Å². The van der Waals surface area contributed by atoms with Crippen molar-refractivity contribution >= 4 is 5.97 Å². The molecule has 4 fully saturated rings. The SMILES string of the molecule is COC(=O)C(CN1CC2CCCC2C1)(NC1CC1)C1CC1. The topological polar surface area (TPSA) is 41.6 Å². The van der Waals surface area contributed by atoms with E-state index in [0.29, 0.717) is 12.0 Å². The molecule has 0 bridgehead atoms. The molecule has 3 aliphatic carbocycles. The van der Waals surface area contributed by atoms with E-state index < -0.39 is 5.54 Å². The van der Waals surface area contributed by atoms with Crippen molar-refractivity contribution in [2.75, 3.05) is 26.7 Å². The fraction of sp³-hybridized carbons (Fsp3) is 0.941. The Hall–Kier alpha value is -0.610. The van der Waals surface area contributed by atoms with Crippen LogP contribution in [0, 0.1) is 17.8 Å². The highest BCUT2D eigenvalue weighted by molar-refractivity contribution is 5.82. The van der Waals surface area contributed by atoms with Gasteiger partial charge < -0.3 is 9.64 Å². The lowest BCUT2D eigenvalue weighted by Gasteiger charge is -2.36. The smallest absolute Gasteiger partial charge is 0.327 e. The van der Waals surface area contributed by atoms with Crippen LogP contribution in [0.5, 0.6) is 0 Å². The molecule has 3 saturated carbocycles. The molecule has 4 heteroatoms. The standard InChI is InChI=1S/C17H28N2O2/c1-21-16(20)17(14-5-6-14,18-15-7-8-15)11-19-9-12-3-2-4-13(12)10-19/h12-15,18H,2-11H2,1H3.